The molecule has 0 fully saturated rings. The average Bonchev–Trinajstić information content (AvgIpc) is 3.13. The molecule has 1 aromatic carbocycles. The summed E-state index contributed by atoms with van der Waals surface area (Å²) in [6.07, 6.45) is 3.04. The average molecular weight is 418 g/mol. The number of nitrogens with zero attached hydrogens (tertiary/aromatic N) is 3. The Morgan fingerprint density at radius 3 is 2.76 bits per heavy atom. The van der Waals surface area contributed by atoms with Gasteiger partial charge in [-0.05, 0) is 24.6 Å². The molecule has 152 valence electrons. The lowest BCUT2D eigenvalue weighted by molar-refractivity contribution is -0.135. The summed E-state index contributed by atoms with van der Waals surface area (Å²) in [6, 6.07) is 5.39. The van der Waals surface area contributed by atoms with Crippen LogP contribution < -0.4 is 15.4 Å². The van der Waals surface area contributed by atoms with Crippen molar-refractivity contribution in [1.82, 2.24) is 20.1 Å². The van der Waals surface area contributed by atoms with Gasteiger partial charge in [-0.1, -0.05) is 17.7 Å². The molecule has 2 aromatic heterocycles. The van der Waals surface area contributed by atoms with E-state index in [0.717, 1.165) is 5.56 Å². The molecule has 0 atom stereocenters. The fourth-order valence-electron chi connectivity index (χ4n) is 2.88. The highest BCUT2D eigenvalue weighted by Gasteiger charge is 2.18. The van der Waals surface area contributed by atoms with E-state index >= 15 is 0 Å². The van der Waals surface area contributed by atoms with E-state index in [0.29, 0.717) is 40.6 Å². The number of aryl methyl sites for hydroxylation is 1. The molecule has 0 aliphatic heterocycles. The highest BCUT2D eigenvalue weighted by molar-refractivity contribution is 6.32. The Morgan fingerprint density at radius 2 is 2.10 bits per heavy atom. The fraction of sp³-hybridized carbons (Fsp3) is 0.263. The number of halogens is 1. The van der Waals surface area contributed by atoms with Crippen LogP contribution in [-0.2, 0) is 17.9 Å². The van der Waals surface area contributed by atoms with E-state index in [4.69, 9.17) is 21.4 Å². The highest BCUT2D eigenvalue weighted by atomic mass is 35.5. The van der Waals surface area contributed by atoms with E-state index in [9.17, 15) is 9.59 Å². The van der Waals surface area contributed by atoms with Gasteiger partial charge in [-0.2, -0.15) is 5.10 Å². The maximum atomic E-state index is 12.5. The van der Waals surface area contributed by atoms with Crippen LogP contribution in [0.2, 0.25) is 5.02 Å². The third-order valence-electron chi connectivity index (χ3n) is 4.30. The first-order valence-electron chi connectivity index (χ1n) is 8.85. The maximum absolute atomic E-state index is 12.5. The smallest absolute Gasteiger partial charge is 0.322 e. The number of hydrogen-bond acceptors (Lipinski definition) is 6. The third kappa shape index (κ3) is 4.40. The Kier molecular flexibility index (Phi) is 6.18. The molecule has 3 N–H and O–H groups in total. The lowest BCUT2D eigenvalue weighted by atomic mass is 10.1. The first kappa shape index (κ1) is 20.4. The van der Waals surface area contributed by atoms with Gasteiger partial charge in [0.15, 0.2) is 5.65 Å². The summed E-state index contributed by atoms with van der Waals surface area (Å²) in [6.45, 7) is 2.45. The van der Waals surface area contributed by atoms with Crippen LogP contribution in [0.5, 0.6) is 5.75 Å². The van der Waals surface area contributed by atoms with Crippen molar-refractivity contribution in [3.63, 3.8) is 0 Å². The summed E-state index contributed by atoms with van der Waals surface area (Å²) < 4.78 is 6.87. The normalized spacial score (nSPS) is 10.7. The minimum atomic E-state index is -1.13. The molecular weight excluding hydrogens is 398 g/mol. The lowest BCUT2D eigenvalue weighted by Gasteiger charge is -2.14. The summed E-state index contributed by atoms with van der Waals surface area (Å²) in [5, 5.41) is 19.9. The number of benzene rings is 1. The molecular formula is C19H20ClN5O4. The highest BCUT2D eigenvalue weighted by Crippen LogP contribution is 2.28. The number of methoxy groups -OCH3 is 1. The summed E-state index contributed by atoms with van der Waals surface area (Å²) in [5.41, 5.74) is 2.25. The van der Waals surface area contributed by atoms with Crippen LogP contribution in [0.15, 0.2) is 30.6 Å². The van der Waals surface area contributed by atoms with E-state index in [1.807, 2.05) is 13.0 Å². The van der Waals surface area contributed by atoms with Crippen LogP contribution in [-0.4, -0.2) is 45.4 Å². The molecule has 0 saturated carbocycles. The molecule has 0 aliphatic rings. The number of fused-ring (bicyclic) bond motifs is 1. The Hall–Kier alpha value is -3.33. The van der Waals surface area contributed by atoms with Crippen molar-refractivity contribution < 1.29 is 19.4 Å². The van der Waals surface area contributed by atoms with E-state index in [-0.39, 0.29) is 5.56 Å². The summed E-state index contributed by atoms with van der Waals surface area (Å²) in [4.78, 5) is 27.6. The number of aliphatic carboxylic acids is 1. The Morgan fingerprint density at radius 1 is 1.31 bits per heavy atom. The number of carbonyl (C=O) groups is 2. The predicted octanol–water partition coefficient (Wildman–Crippen LogP) is 2.54. The number of ether oxygens (including phenoxy) is 1. The van der Waals surface area contributed by atoms with Crippen molar-refractivity contribution in [1.29, 1.82) is 0 Å². The molecule has 1 amide bonds. The van der Waals surface area contributed by atoms with Gasteiger partial charge in [-0.3, -0.25) is 9.59 Å². The largest absolute Gasteiger partial charge is 0.495 e. The minimum Gasteiger partial charge on any atom is -0.495 e. The first-order chi connectivity index (χ1) is 13.9. The fourth-order valence-corrected chi connectivity index (χ4v) is 3.16. The first-order valence-corrected chi connectivity index (χ1v) is 9.23. The van der Waals surface area contributed by atoms with E-state index in [2.05, 4.69) is 20.7 Å². The molecule has 10 heteroatoms. The number of aromatic nitrogens is 3. The quantitative estimate of drug-likeness (QED) is 0.515. The monoisotopic (exact) mass is 417 g/mol. The number of hydrogen-bond donors (Lipinski definition) is 3. The van der Waals surface area contributed by atoms with Gasteiger partial charge in [0.25, 0.3) is 5.91 Å². The van der Waals surface area contributed by atoms with Crippen molar-refractivity contribution in [2.75, 3.05) is 19.0 Å². The number of carboxylic acid groups (broad SMARTS) is 1. The van der Waals surface area contributed by atoms with Gasteiger partial charge >= 0.3 is 5.97 Å². The molecule has 0 aliphatic carbocycles. The van der Waals surface area contributed by atoms with Crippen LogP contribution in [0.25, 0.3) is 11.0 Å². The molecule has 3 aromatic rings. The van der Waals surface area contributed by atoms with Gasteiger partial charge in [0, 0.05) is 19.3 Å². The zero-order chi connectivity index (χ0) is 21.0. The Labute approximate surface area is 171 Å². The third-order valence-corrected chi connectivity index (χ3v) is 4.59. The van der Waals surface area contributed by atoms with E-state index < -0.39 is 18.4 Å². The molecule has 3 rings (SSSR count). The number of carboxylic acids is 1. The van der Waals surface area contributed by atoms with Crippen molar-refractivity contribution in [2.45, 2.75) is 20.0 Å². The van der Waals surface area contributed by atoms with Gasteiger partial charge in [0.1, 0.15) is 12.3 Å². The second-order valence-electron chi connectivity index (χ2n) is 6.14. The van der Waals surface area contributed by atoms with Gasteiger partial charge in [-0.15, -0.1) is 0 Å². The summed E-state index contributed by atoms with van der Waals surface area (Å²) in [5.74, 6) is -1.10. The van der Waals surface area contributed by atoms with Gasteiger partial charge < -0.3 is 20.5 Å². The van der Waals surface area contributed by atoms with Crippen molar-refractivity contribution in [2.24, 2.45) is 0 Å². The zero-order valence-electron chi connectivity index (χ0n) is 15.9. The van der Waals surface area contributed by atoms with Crippen LogP contribution in [0.4, 0.5) is 5.69 Å². The van der Waals surface area contributed by atoms with E-state index in [1.165, 1.54) is 6.20 Å². The molecule has 29 heavy (non-hydrogen) atoms. The molecule has 0 spiro atoms. The molecule has 9 nitrogen and oxygen atoms in total. The number of amides is 1. The number of anilines is 1. The molecule has 2 heterocycles. The SMILES string of the molecule is CCn1ncc2c(NCc3ccc(OC)c(Cl)c3)c(C(=O)NCC(=O)O)cnc21. The van der Waals surface area contributed by atoms with Crippen LogP contribution in [0.3, 0.4) is 0 Å². The number of rotatable bonds is 8. The van der Waals surface area contributed by atoms with Gasteiger partial charge in [-0.25, -0.2) is 9.67 Å². The maximum Gasteiger partial charge on any atom is 0.322 e. The standard InChI is InChI=1S/C19H20ClN5O4/c1-3-25-18-12(9-24-25)17(13(8-22-18)19(28)23-10-16(26)27)21-7-11-4-5-15(29-2)14(20)6-11/h4-6,8-9H,3,7,10H2,1-2H3,(H,21,22)(H,23,28)(H,26,27). The van der Waals surface area contributed by atoms with Gasteiger partial charge in [0.2, 0.25) is 0 Å². The van der Waals surface area contributed by atoms with E-state index in [1.54, 1.807) is 30.1 Å². The minimum absolute atomic E-state index is 0.231. The lowest BCUT2D eigenvalue weighted by Crippen LogP contribution is -2.30. The predicted molar refractivity (Wildman–Crippen MR) is 109 cm³/mol. The number of pyridine rings is 1. The molecule has 0 radical (unpaired) electrons. The second-order valence-corrected chi connectivity index (χ2v) is 6.55. The van der Waals surface area contributed by atoms with Crippen LogP contribution in [0, 0.1) is 0 Å². The summed E-state index contributed by atoms with van der Waals surface area (Å²) >= 11 is 6.19. The zero-order valence-corrected chi connectivity index (χ0v) is 16.7. The van der Waals surface area contributed by atoms with Crippen molar-refractivity contribution in [3.8, 4) is 5.75 Å². The van der Waals surface area contributed by atoms with Crippen LogP contribution >= 0.6 is 11.6 Å². The van der Waals surface area contributed by atoms with Crippen molar-refractivity contribution >= 4 is 40.2 Å². The number of nitrogens with one attached hydrogen (secondary N) is 2. The van der Waals surface area contributed by atoms with Gasteiger partial charge in [0.05, 0.1) is 35.0 Å². The second kappa shape index (κ2) is 8.78. The topological polar surface area (TPSA) is 118 Å². The molecule has 0 unspecified atom stereocenters. The van der Waals surface area contributed by atoms with Crippen LogP contribution in [0.1, 0.15) is 22.8 Å². The Bertz CT molecular complexity index is 1070. The Balaban J connectivity index is 1.95. The van der Waals surface area contributed by atoms with Crippen molar-refractivity contribution in [3.05, 3.63) is 46.7 Å². The summed E-state index contributed by atoms with van der Waals surface area (Å²) in [7, 11) is 1.54. The number of carbonyl (C=O) groups excluding carboxylic acids is 1. The molecule has 0 saturated heterocycles. The molecule has 0 bridgehead atoms.